The van der Waals surface area contributed by atoms with Crippen LogP contribution in [0.4, 0.5) is 17.5 Å². The van der Waals surface area contributed by atoms with Gasteiger partial charge in [0.2, 0.25) is 5.95 Å². The molecule has 2 aromatic heterocycles. The molecule has 0 bridgehead atoms. The summed E-state index contributed by atoms with van der Waals surface area (Å²) in [6.07, 6.45) is 4.74. The van der Waals surface area contributed by atoms with Crippen LogP contribution in [0.3, 0.4) is 0 Å². The van der Waals surface area contributed by atoms with E-state index in [0.717, 1.165) is 63.9 Å². The monoisotopic (exact) mass is 596 g/mol. The zero-order chi connectivity index (χ0) is 30.0. The molecule has 2 aromatic carbocycles. The second kappa shape index (κ2) is 12.4. The summed E-state index contributed by atoms with van der Waals surface area (Å²) in [6.45, 7) is 6.61. The van der Waals surface area contributed by atoms with Crippen molar-refractivity contribution in [2.45, 2.75) is 31.3 Å². The molecule has 1 atom stereocenters. The Balaban J connectivity index is 1.07. The van der Waals surface area contributed by atoms with E-state index in [2.05, 4.69) is 39.3 Å². The van der Waals surface area contributed by atoms with E-state index >= 15 is 0 Å². The average molecular weight is 597 g/mol. The summed E-state index contributed by atoms with van der Waals surface area (Å²) in [5.41, 5.74) is 3.16. The number of aromatic amines is 1. The van der Waals surface area contributed by atoms with E-state index < -0.39 is 0 Å². The van der Waals surface area contributed by atoms with Crippen LogP contribution in [0.25, 0.3) is 11.0 Å². The van der Waals surface area contributed by atoms with E-state index in [4.69, 9.17) is 19.5 Å². The Morgan fingerprint density at radius 2 is 1.77 bits per heavy atom. The van der Waals surface area contributed by atoms with Crippen molar-refractivity contribution in [1.82, 2.24) is 29.7 Å². The standard InChI is InChI=1S/C33H40N8O3/c1-38-17-19-39(20-18-38)25-11-15-40(16-12-25)32(42)24-8-9-27(29(22-24)43-2)35-33-36-30-26(10-14-34-30)31(37-33)41-28(13-21-44-41)23-6-4-3-5-7-23/h3-10,14,22,25,28H,11-13,15-21H2,1-2H3,(H2,34,35,36,37)/t28-/m0/s1. The number of hydrogen-bond donors (Lipinski definition) is 2. The molecule has 4 aromatic rings. The van der Waals surface area contributed by atoms with E-state index in [9.17, 15) is 4.79 Å². The first-order chi connectivity index (χ1) is 21.6. The van der Waals surface area contributed by atoms with Crippen LogP contribution in [0.5, 0.6) is 5.75 Å². The highest BCUT2D eigenvalue weighted by atomic mass is 16.7. The molecule has 11 heteroatoms. The molecule has 1 amide bonds. The summed E-state index contributed by atoms with van der Waals surface area (Å²) in [7, 11) is 3.79. The SMILES string of the molecule is COc1cc(C(=O)N2CCC(N3CCN(C)CC3)CC2)ccc1Nc1nc(N2OCC[C@H]2c2ccccc2)c2cc[nH]c2n1. The van der Waals surface area contributed by atoms with Gasteiger partial charge in [0.05, 0.1) is 30.8 Å². The van der Waals surface area contributed by atoms with Gasteiger partial charge < -0.3 is 24.8 Å². The fraction of sp³-hybridized carbons (Fsp3) is 0.424. The number of fused-ring (bicyclic) bond motifs is 1. The van der Waals surface area contributed by atoms with Crippen molar-refractivity contribution in [1.29, 1.82) is 0 Å². The Morgan fingerprint density at radius 1 is 0.977 bits per heavy atom. The van der Waals surface area contributed by atoms with Crippen LogP contribution in [0.2, 0.25) is 0 Å². The van der Waals surface area contributed by atoms with E-state index in [1.54, 1.807) is 13.2 Å². The molecule has 3 fully saturated rings. The highest BCUT2D eigenvalue weighted by Crippen LogP contribution is 2.38. The molecule has 44 heavy (non-hydrogen) atoms. The third-order valence-electron chi connectivity index (χ3n) is 9.19. The molecule has 3 aliphatic heterocycles. The maximum Gasteiger partial charge on any atom is 0.253 e. The smallest absolute Gasteiger partial charge is 0.253 e. The molecular formula is C33H40N8O3. The molecule has 0 unspecified atom stereocenters. The van der Waals surface area contributed by atoms with Gasteiger partial charge in [0.15, 0.2) is 5.82 Å². The number of nitrogens with zero attached hydrogens (tertiary/aromatic N) is 6. The molecule has 5 heterocycles. The van der Waals surface area contributed by atoms with Gasteiger partial charge in [0.25, 0.3) is 5.91 Å². The Kier molecular flexibility index (Phi) is 8.07. The summed E-state index contributed by atoms with van der Waals surface area (Å²) in [5.74, 6) is 1.69. The zero-order valence-electron chi connectivity index (χ0n) is 25.4. The van der Waals surface area contributed by atoms with Gasteiger partial charge in [0.1, 0.15) is 11.4 Å². The van der Waals surface area contributed by atoms with Crippen molar-refractivity contribution in [3.8, 4) is 5.75 Å². The molecule has 0 saturated carbocycles. The van der Waals surface area contributed by atoms with Gasteiger partial charge in [-0.1, -0.05) is 30.3 Å². The lowest BCUT2D eigenvalue weighted by Crippen LogP contribution is -2.52. The molecule has 3 aliphatic rings. The fourth-order valence-corrected chi connectivity index (χ4v) is 6.66. The van der Waals surface area contributed by atoms with Gasteiger partial charge in [-0.15, -0.1) is 0 Å². The first-order valence-corrected chi connectivity index (χ1v) is 15.6. The van der Waals surface area contributed by atoms with Crippen LogP contribution in [0, 0.1) is 0 Å². The summed E-state index contributed by atoms with van der Waals surface area (Å²) in [5, 5.41) is 6.10. The van der Waals surface area contributed by atoms with Crippen molar-refractivity contribution < 1.29 is 14.4 Å². The van der Waals surface area contributed by atoms with Crippen molar-refractivity contribution in [3.05, 3.63) is 71.9 Å². The largest absolute Gasteiger partial charge is 0.495 e. The number of hydroxylamine groups is 1. The molecular weight excluding hydrogens is 556 g/mol. The van der Waals surface area contributed by atoms with E-state index in [0.29, 0.717) is 47.1 Å². The Morgan fingerprint density at radius 3 is 2.55 bits per heavy atom. The summed E-state index contributed by atoms with van der Waals surface area (Å²) >= 11 is 0. The number of ether oxygens (including phenoxy) is 1. The van der Waals surface area contributed by atoms with Crippen LogP contribution in [-0.4, -0.2) is 102 Å². The lowest BCUT2D eigenvalue weighted by Gasteiger charge is -2.42. The highest BCUT2D eigenvalue weighted by molar-refractivity contribution is 5.95. The average Bonchev–Trinajstić information content (AvgIpc) is 3.76. The maximum absolute atomic E-state index is 13.5. The lowest BCUT2D eigenvalue weighted by atomic mass is 10.0. The van der Waals surface area contributed by atoms with Gasteiger partial charge in [0, 0.05) is 63.5 Å². The molecule has 230 valence electrons. The Hall–Kier alpha value is -4.19. The minimum absolute atomic E-state index is 0.0381. The number of carbonyl (C=O) groups excluding carboxylic acids is 1. The number of amides is 1. The lowest BCUT2D eigenvalue weighted by molar-refractivity contribution is 0.0518. The summed E-state index contributed by atoms with van der Waals surface area (Å²) < 4.78 is 5.74. The zero-order valence-corrected chi connectivity index (χ0v) is 25.4. The summed E-state index contributed by atoms with van der Waals surface area (Å²) in [6, 6.07) is 18.4. The number of rotatable bonds is 7. The number of piperidine rings is 1. The Bertz CT molecular complexity index is 1600. The van der Waals surface area contributed by atoms with Gasteiger partial charge >= 0.3 is 0 Å². The van der Waals surface area contributed by atoms with Gasteiger partial charge in [-0.3, -0.25) is 14.5 Å². The van der Waals surface area contributed by atoms with Gasteiger partial charge in [-0.2, -0.15) is 9.97 Å². The van der Waals surface area contributed by atoms with Crippen LogP contribution in [0.15, 0.2) is 60.8 Å². The van der Waals surface area contributed by atoms with E-state index in [1.807, 2.05) is 52.6 Å². The second-order valence-electron chi connectivity index (χ2n) is 11.9. The quantitative estimate of drug-likeness (QED) is 0.321. The molecule has 11 nitrogen and oxygen atoms in total. The number of anilines is 3. The molecule has 2 N–H and O–H groups in total. The Labute approximate surface area is 257 Å². The first kappa shape index (κ1) is 28.6. The molecule has 3 saturated heterocycles. The number of likely N-dealkylation sites (tertiary alicyclic amines) is 1. The number of H-pyrrole nitrogens is 1. The van der Waals surface area contributed by atoms with Crippen molar-refractivity contribution in [3.63, 3.8) is 0 Å². The van der Waals surface area contributed by atoms with Crippen LogP contribution in [0.1, 0.15) is 41.2 Å². The predicted molar refractivity (Wildman–Crippen MR) is 170 cm³/mol. The van der Waals surface area contributed by atoms with E-state index in [1.165, 1.54) is 5.56 Å². The number of benzene rings is 2. The number of hydrogen-bond acceptors (Lipinski definition) is 9. The summed E-state index contributed by atoms with van der Waals surface area (Å²) in [4.78, 5) is 39.4. The third-order valence-corrected chi connectivity index (χ3v) is 9.19. The van der Waals surface area contributed by atoms with Crippen LogP contribution >= 0.6 is 0 Å². The number of aromatic nitrogens is 3. The topological polar surface area (TPSA) is 102 Å². The minimum Gasteiger partial charge on any atom is -0.495 e. The second-order valence-corrected chi connectivity index (χ2v) is 11.9. The van der Waals surface area contributed by atoms with Crippen LogP contribution < -0.4 is 15.1 Å². The molecule has 0 spiro atoms. The molecule has 0 radical (unpaired) electrons. The number of nitrogens with one attached hydrogen (secondary N) is 2. The van der Waals surface area contributed by atoms with Gasteiger partial charge in [-0.05, 0) is 49.7 Å². The number of methoxy groups -OCH3 is 1. The fourth-order valence-electron chi connectivity index (χ4n) is 6.66. The molecule has 0 aliphatic carbocycles. The highest BCUT2D eigenvalue weighted by Gasteiger charge is 2.32. The minimum atomic E-state index is 0.0381. The number of piperazine rings is 1. The first-order valence-electron chi connectivity index (χ1n) is 15.6. The number of likely N-dealkylation sites (N-methyl/N-ethyl adjacent to an activating group) is 1. The van der Waals surface area contributed by atoms with E-state index in [-0.39, 0.29) is 11.9 Å². The molecule has 7 rings (SSSR count). The normalized spacial score (nSPS) is 20.4. The van der Waals surface area contributed by atoms with Crippen molar-refractivity contribution in [2.75, 3.05) is 70.4 Å². The van der Waals surface area contributed by atoms with Gasteiger partial charge in [-0.25, -0.2) is 5.06 Å². The predicted octanol–water partition coefficient (Wildman–Crippen LogP) is 4.45. The maximum atomic E-state index is 13.5. The van der Waals surface area contributed by atoms with Crippen molar-refractivity contribution >= 4 is 34.4 Å². The van der Waals surface area contributed by atoms with Crippen molar-refractivity contribution in [2.24, 2.45) is 0 Å². The third kappa shape index (κ3) is 5.70. The van der Waals surface area contributed by atoms with Crippen LogP contribution in [-0.2, 0) is 4.84 Å². The number of carbonyl (C=O) groups is 1.